The van der Waals surface area contributed by atoms with E-state index in [1.165, 1.54) is 0 Å². The van der Waals surface area contributed by atoms with Gasteiger partial charge < -0.3 is 0 Å². The van der Waals surface area contributed by atoms with Crippen molar-refractivity contribution in [2.75, 3.05) is 0 Å². The van der Waals surface area contributed by atoms with Crippen LogP contribution in [-0.4, -0.2) is 19.3 Å². The minimum Gasteiger partial charge on any atom is -0.279 e. The average molecular weight is 281 g/mol. The molecule has 0 aliphatic carbocycles. The Morgan fingerprint density at radius 3 is 2.83 bits per heavy atom. The molecule has 0 aliphatic rings. The third kappa shape index (κ3) is 1.58. The van der Waals surface area contributed by atoms with E-state index < -0.39 is 0 Å². The van der Waals surface area contributed by atoms with Gasteiger partial charge in [-0.05, 0) is 25.3 Å². The lowest BCUT2D eigenvalue weighted by atomic mass is 10.4. The number of hydrogen-bond donors (Lipinski definition) is 0. The largest absolute Gasteiger partial charge is 0.279 e. The van der Waals surface area contributed by atoms with Crippen molar-refractivity contribution in [1.82, 2.24) is 19.3 Å². The summed E-state index contributed by atoms with van der Waals surface area (Å²) in [5, 5.41) is 8.41. The van der Waals surface area contributed by atoms with E-state index in [1.54, 1.807) is 11.3 Å². The molecule has 1 atom stereocenters. The molecule has 0 amide bonds. The minimum atomic E-state index is -0.142. The van der Waals surface area contributed by atoms with Crippen LogP contribution in [0.4, 0.5) is 0 Å². The molecule has 3 rings (SSSR count). The van der Waals surface area contributed by atoms with Crippen molar-refractivity contribution in [3.63, 3.8) is 0 Å². The van der Waals surface area contributed by atoms with Gasteiger partial charge in [-0.3, -0.25) is 4.57 Å². The molecule has 1 unspecified atom stereocenters. The molecule has 94 valence electrons. The van der Waals surface area contributed by atoms with Gasteiger partial charge in [0.2, 0.25) is 0 Å². The van der Waals surface area contributed by atoms with Crippen LogP contribution in [0, 0.1) is 6.92 Å². The number of fused-ring (bicyclic) bond motifs is 1. The molecule has 6 heteroatoms. The quantitative estimate of drug-likeness (QED) is 0.674. The molecule has 0 aliphatic heterocycles. The number of halogens is 1. The maximum atomic E-state index is 6.25. The Morgan fingerprint density at radius 1 is 1.44 bits per heavy atom. The molecule has 0 radical (unpaired) electrons. The summed E-state index contributed by atoms with van der Waals surface area (Å²) in [5.41, 5.74) is 3.94. The first kappa shape index (κ1) is 11.7. The smallest absolute Gasteiger partial charge is 0.163 e. The second-order valence-electron chi connectivity index (χ2n) is 4.28. The Bertz CT molecular complexity index is 693. The maximum absolute atomic E-state index is 6.25. The molecule has 18 heavy (non-hydrogen) atoms. The Kier molecular flexibility index (Phi) is 2.68. The first-order chi connectivity index (χ1) is 8.59. The summed E-state index contributed by atoms with van der Waals surface area (Å²) in [4.78, 5) is 4.64. The van der Waals surface area contributed by atoms with Crippen molar-refractivity contribution < 1.29 is 0 Å². The second kappa shape index (κ2) is 4.10. The van der Waals surface area contributed by atoms with Crippen molar-refractivity contribution >= 4 is 34.1 Å². The van der Waals surface area contributed by atoms with E-state index in [2.05, 4.69) is 26.1 Å². The monoisotopic (exact) mass is 280 g/mol. The van der Waals surface area contributed by atoms with Crippen molar-refractivity contribution in [1.29, 1.82) is 0 Å². The van der Waals surface area contributed by atoms with Crippen LogP contribution < -0.4 is 0 Å². The van der Waals surface area contributed by atoms with Crippen LogP contribution in [0.2, 0.25) is 0 Å². The zero-order valence-electron chi connectivity index (χ0n) is 10.4. The summed E-state index contributed by atoms with van der Waals surface area (Å²) in [7, 11) is 1.93. The number of aryl methyl sites for hydroxylation is 2. The van der Waals surface area contributed by atoms with Gasteiger partial charge in [-0.25, -0.2) is 9.67 Å². The highest BCUT2D eigenvalue weighted by Crippen LogP contribution is 2.29. The van der Waals surface area contributed by atoms with E-state index in [9.17, 15) is 0 Å². The average Bonchev–Trinajstić information content (AvgIpc) is 2.98. The Labute approximate surface area is 114 Å². The molecule has 0 N–H and O–H groups in total. The Hall–Kier alpha value is -1.33. The SMILES string of the molecule is Cc1nn(C)c2c1nc(C(C)Cl)n2-c1ccsc1. The zero-order valence-corrected chi connectivity index (χ0v) is 12.0. The molecular weight excluding hydrogens is 268 g/mol. The second-order valence-corrected chi connectivity index (χ2v) is 5.72. The normalized spacial score (nSPS) is 13.3. The van der Waals surface area contributed by atoms with Crippen molar-refractivity contribution in [2.45, 2.75) is 19.2 Å². The van der Waals surface area contributed by atoms with Gasteiger partial charge in [-0.2, -0.15) is 16.4 Å². The topological polar surface area (TPSA) is 35.6 Å². The van der Waals surface area contributed by atoms with Gasteiger partial charge >= 0.3 is 0 Å². The third-order valence-corrected chi connectivity index (χ3v) is 3.81. The first-order valence-electron chi connectivity index (χ1n) is 5.68. The number of alkyl halides is 1. The molecular formula is C12H13ClN4S. The molecule has 0 bridgehead atoms. The number of hydrogen-bond acceptors (Lipinski definition) is 3. The molecule has 0 aromatic carbocycles. The fourth-order valence-corrected chi connectivity index (χ4v) is 2.96. The maximum Gasteiger partial charge on any atom is 0.163 e. The summed E-state index contributed by atoms with van der Waals surface area (Å²) in [6.07, 6.45) is 0. The summed E-state index contributed by atoms with van der Waals surface area (Å²) in [5.74, 6) is 0.862. The number of rotatable bonds is 2. The van der Waals surface area contributed by atoms with Gasteiger partial charge in [0, 0.05) is 12.4 Å². The van der Waals surface area contributed by atoms with E-state index in [0.29, 0.717) is 0 Å². The van der Waals surface area contributed by atoms with Crippen LogP contribution in [-0.2, 0) is 7.05 Å². The van der Waals surface area contributed by atoms with Crippen LogP contribution in [0.15, 0.2) is 16.8 Å². The number of thiophene rings is 1. The lowest BCUT2D eigenvalue weighted by molar-refractivity contribution is 0.748. The lowest BCUT2D eigenvalue weighted by Crippen LogP contribution is -2.04. The first-order valence-corrected chi connectivity index (χ1v) is 7.06. The highest BCUT2D eigenvalue weighted by molar-refractivity contribution is 7.08. The van der Waals surface area contributed by atoms with Gasteiger partial charge in [0.1, 0.15) is 11.3 Å². The highest BCUT2D eigenvalue weighted by atomic mass is 35.5. The molecule has 3 heterocycles. The van der Waals surface area contributed by atoms with E-state index in [4.69, 9.17) is 11.6 Å². The molecule has 3 aromatic heterocycles. The van der Waals surface area contributed by atoms with Gasteiger partial charge in [0.25, 0.3) is 0 Å². The molecule has 4 nitrogen and oxygen atoms in total. The fourth-order valence-electron chi connectivity index (χ4n) is 2.20. The van der Waals surface area contributed by atoms with Crippen LogP contribution in [0.5, 0.6) is 0 Å². The Morgan fingerprint density at radius 2 is 2.22 bits per heavy atom. The number of aromatic nitrogens is 4. The number of imidazole rings is 1. The van der Waals surface area contributed by atoms with E-state index in [0.717, 1.165) is 28.4 Å². The lowest BCUT2D eigenvalue weighted by Gasteiger charge is -2.08. The molecule has 0 saturated carbocycles. The molecule has 0 spiro atoms. The standard InChI is InChI=1S/C12H13ClN4S/c1-7(13)11-14-10-8(2)15-16(3)12(10)17(11)9-4-5-18-6-9/h4-7H,1-3H3. The van der Waals surface area contributed by atoms with E-state index in [1.807, 2.05) is 31.0 Å². The van der Waals surface area contributed by atoms with Gasteiger partial charge in [-0.15, -0.1) is 11.6 Å². The Balaban J connectivity index is 2.42. The third-order valence-electron chi connectivity index (χ3n) is 2.95. The fraction of sp³-hybridized carbons (Fsp3) is 0.333. The van der Waals surface area contributed by atoms with Gasteiger partial charge in [-0.1, -0.05) is 0 Å². The van der Waals surface area contributed by atoms with Crippen LogP contribution in [0.1, 0.15) is 23.8 Å². The highest BCUT2D eigenvalue weighted by Gasteiger charge is 2.21. The minimum absolute atomic E-state index is 0.142. The predicted molar refractivity (Wildman–Crippen MR) is 74.7 cm³/mol. The van der Waals surface area contributed by atoms with Gasteiger partial charge in [0.05, 0.1) is 16.8 Å². The van der Waals surface area contributed by atoms with Crippen LogP contribution in [0.3, 0.4) is 0 Å². The predicted octanol–water partition coefficient (Wildman–Crippen LogP) is 3.43. The summed E-state index contributed by atoms with van der Waals surface area (Å²) in [6.45, 7) is 3.91. The summed E-state index contributed by atoms with van der Waals surface area (Å²) >= 11 is 7.91. The summed E-state index contributed by atoms with van der Waals surface area (Å²) in [6, 6.07) is 2.07. The van der Waals surface area contributed by atoms with Crippen LogP contribution in [0.25, 0.3) is 16.9 Å². The molecule has 0 fully saturated rings. The molecule has 0 saturated heterocycles. The number of nitrogens with zero attached hydrogens (tertiary/aromatic N) is 4. The van der Waals surface area contributed by atoms with Gasteiger partial charge in [0.15, 0.2) is 5.65 Å². The van der Waals surface area contributed by atoms with Crippen molar-refractivity contribution in [2.24, 2.45) is 7.05 Å². The molecule has 3 aromatic rings. The van der Waals surface area contributed by atoms with Crippen molar-refractivity contribution in [3.05, 3.63) is 28.3 Å². The van der Waals surface area contributed by atoms with Crippen LogP contribution >= 0.6 is 22.9 Å². The van der Waals surface area contributed by atoms with Crippen molar-refractivity contribution in [3.8, 4) is 5.69 Å². The van der Waals surface area contributed by atoms with E-state index >= 15 is 0 Å². The summed E-state index contributed by atoms with van der Waals surface area (Å²) < 4.78 is 3.95. The zero-order chi connectivity index (χ0) is 12.9. The van der Waals surface area contributed by atoms with E-state index in [-0.39, 0.29) is 5.38 Å².